The van der Waals surface area contributed by atoms with E-state index in [1.165, 1.54) is 24.8 Å². The maximum absolute atomic E-state index is 4.33. The van der Waals surface area contributed by atoms with Crippen molar-refractivity contribution in [2.75, 3.05) is 5.32 Å². The highest BCUT2D eigenvalue weighted by molar-refractivity contribution is 5.53. The summed E-state index contributed by atoms with van der Waals surface area (Å²) in [4.78, 5) is 4.29. The molecule has 0 aliphatic heterocycles. The van der Waals surface area contributed by atoms with Crippen LogP contribution in [0.5, 0.6) is 0 Å². The van der Waals surface area contributed by atoms with E-state index >= 15 is 0 Å². The fourth-order valence-electron chi connectivity index (χ4n) is 4.85. The summed E-state index contributed by atoms with van der Waals surface area (Å²) in [5.41, 5.74) is 2.19. The minimum absolute atomic E-state index is 0.695. The van der Waals surface area contributed by atoms with Crippen LogP contribution in [0.3, 0.4) is 0 Å². The van der Waals surface area contributed by atoms with Crippen LogP contribution in [0.2, 0.25) is 0 Å². The monoisotopic (exact) mass is 254 g/mol. The second-order valence-corrected chi connectivity index (χ2v) is 6.61. The molecular formula is C15H18N4. The van der Waals surface area contributed by atoms with Gasteiger partial charge in [0, 0.05) is 6.04 Å². The number of hydrogen-bond donors (Lipinski definition) is 1. The first kappa shape index (κ1) is 10.2. The molecule has 0 radical (unpaired) electrons. The number of anilines is 1. The van der Waals surface area contributed by atoms with Crippen molar-refractivity contribution in [1.82, 2.24) is 14.6 Å². The summed E-state index contributed by atoms with van der Waals surface area (Å²) in [6.45, 7) is 2.12. The summed E-state index contributed by atoms with van der Waals surface area (Å²) in [6.07, 6.45) is 6.07. The molecule has 4 nitrogen and oxygen atoms in total. The summed E-state index contributed by atoms with van der Waals surface area (Å²) in [6, 6.07) is 4.97. The molecule has 3 aliphatic rings. The molecule has 2 aromatic rings. The largest absolute Gasteiger partial charge is 0.367 e. The van der Waals surface area contributed by atoms with E-state index in [1.807, 2.05) is 4.52 Å². The number of nitrogens with zero attached hydrogens (tertiary/aromatic N) is 3. The third kappa shape index (κ3) is 1.29. The highest BCUT2D eigenvalue weighted by atomic mass is 15.3. The van der Waals surface area contributed by atoms with E-state index in [1.54, 1.807) is 6.33 Å². The van der Waals surface area contributed by atoms with Gasteiger partial charge in [0.1, 0.15) is 12.1 Å². The Morgan fingerprint density at radius 2 is 2.00 bits per heavy atom. The normalized spacial score (nSPS) is 38.7. The van der Waals surface area contributed by atoms with E-state index in [0.717, 1.165) is 35.1 Å². The van der Waals surface area contributed by atoms with Gasteiger partial charge in [-0.25, -0.2) is 4.98 Å². The summed E-state index contributed by atoms with van der Waals surface area (Å²) >= 11 is 0. The molecule has 2 bridgehead atoms. The Morgan fingerprint density at radius 1 is 1.21 bits per heavy atom. The first-order valence-corrected chi connectivity index (χ1v) is 7.38. The molecule has 4 atom stereocenters. The molecule has 3 saturated carbocycles. The summed E-state index contributed by atoms with van der Waals surface area (Å²) in [7, 11) is 0. The molecule has 3 aliphatic carbocycles. The Labute approximate surface area is 112 Å². The van der Waals surface area contributed by atoms with Crippen molar-refractivity contribution in [3.05, 3.63) is 24.0 Å². The minimum Gasteiger partial charge on any atom is -0.367 e. The molecule has 3 fully saturated rings. The van der Waals surface area contributed by atoms with E-state index in [9.17, 15) is 0 Å². The van der Waals surface area contributed by atoms with Crippen molar-refractivity contribution in [1.29, 1.82) is 0 Å². The zero-order valence-electron chi connectivity index (χ0n) is 11.1. The first-order valence-electron chi connectivity index (χ1n) is 7.38. The van der Waals surface area contributed by atoms with Crippen LogP contribution in [0.15, 0.2) is 18.5 Å². The number of aryl methyl sites for hydroxylation is 1. The van der Waals surface area contributed by atoms with Crippen LogP contribution in [-0.2, 0) is 0 Å². The molecule has 0 amide bonds. The number of pyridine rings is 1. The Morgan fingerprint density at radius 3 is 2.79 bits per heavy atom. The third-order valence-electron chi connectivity index (χ3n) is 5.57. The zero-order chi connectivity index (χ0) is 12.6. The number of aromatic nitrogens is 3. The van der Waals surface area contributed by atoms with Gasteiger partial charge in [0.05, 0.1) is 0 Å². The second-order valence-electron chi connectivity index (χ2n) is 6.61. The predicted octanol–water partition coefficient (Wildman–Crippen LogP) is 2.49. The zero-order valence-corrected chi connectivity index (χ0v) is 11.1. The maximum Gasteiger partial charge on any atom is 0.157 e. The summed E-state index contributed by atoms with van der Waals surface area (Å²) in [5.74, 6) is 5.01. The number of fused-ring (bicyclic) bond motifs is 6. The quantitative estimate of drug-likeness (QED) is 0.895. The van der Waals surface area contributed by atoms with E-state index in [2.05, 4.69) is 34.5 Å². The Balaban J connectivity index is 1.49. The van der Waals surface area contributed by atoms with Crippen LogP contribution >= 0.6 is 0 Å². The van der Waals surface area contributed by atoms with Gasteiger partial charge in [0.25, 0.3) is 0 Å². The van der Waals surface area contributed by atoms with Crippen molar-refractivity contribution >= 4 is 11.5 Å². The fourth-order valence-corrected chi connectivity index (χ4v) is 4.85. The summed E-state index contributed by atoms with van der Waals surface area (Å²) < 4.78 is 1.93. The second kappa shape index (κ2) is 3.30. The fraction of sp³-hybridized carbons (Fsp3) is 0.600. The molecule has 2 aromatic heterocycles. The van der Waals surface area contributed by atoms with Crippen LogP contribution in [0.25, 0.3) is 5.65 Å². The van der Waals surface area contributed by atoms with Gasteiger partial charge < -0.3 is 5.32 Å². The van der Waals surface area contributed by atoms with Gasteiger partial charge in [-0.2, -0.15) is 9.61 Å². The highest BCUT2D eigenvalue weighted by Gasteiger charge is 2.65. The van der Waals surface area contributed by atoms with Gasteiger partial charge in [0.15, 0.2) is 5.65 Å². The van der Waals surface area contributed by atoms with Crippen LogP contribution in [0.1, 0.15) is 24.8 Å². The third-order valence-corrected chi connectivity index (χ3v) is 5.57. The lowest BCUT2D eigenvalue weighted by atomic mass is 10.0. The van der Waals surface area contributed by atoms with Crippen LogP contribution in [0.4, 0.5) is 5.82 Å². The predicted molar refractivity (Wildman–Crippen MR) is 72.9 cm³/mol. The molecule has 4 heteroatoms. The Hall–Kier alpha value is -1.58. The Kier molecular flexibility index (Phi) is 1.78. The lowest BCUT2D eigenvalue weighted by Gasteiger charge is -2.13. The molecule has 0 saturated heterocycles. The van der Waals surface area contributed by atoms with Crippen molar-refractivity contribution in [2.24, 2.45) is 23.7 Å². The Bertz CT molecular complexity index is 645. The molecule has 5 rings (SSSR count). The standard InChI is InChI=1S/C15H18N4/c1-8-4-11-16-7-17-19(11)12(5-8)18-15-13-9-2-3-10(6-9)14(13)15/h4-5,7,9-10,13-15,18H,2-3,6H2,1H3. The van der Waals surface area contributed by atoms with Crippen LogP contribution in [0, 0.1) is 30.6 Å². The molecule has 0 spiro atoms. The molecule has 1 N–H and O–H groups in total. The van der Waals surface area contributed by atoms with E-state index < -0.39 is 0 Å². The van der Waals surface area contributed by atoms with Crippen LogP contribution in [-0.4, -0.2) is 20.6 Å². The lowest BCUT2D eigenvalue weighted by Crippen LogP contribution is -2.15. The first-order chi connectivity index (χ1) is 9.31. The van der Waals surface area contributed by atoms with Crippen LogP contribution < -0.4 is 5.32 Å². The van der Waals surface area contributed by atoms with Crippen molar-refractivity contribution < 1.29 is 0 Å². The van der Waals surface area contributed by atoms with Gasteiger partial charge in [-0.1, -0.05) is 0 Å². The topological polar surface area (TPSA) is 42.2 Å². The molecular weight excluding hydrogens is 236 g/mol. The van der Waals surface area contributed by atoms with E-state index in [0.29, 0.717) is 6.04 Å². The van der Waals surface area contributed by atoms with Gasteiger partial charge in [-0.3, -0.25) is 0 Å². The average molecular weight is 254 g/mol. The summed E-state index contributed by atoms with van der Waals surface area (Å²) in [5, 5.41) is 8.08. The van der Waals surface area contributed by atoms with Crippen molar-refractivity contribution in [3.8, 4) is 0 Å². The minimum atomic E-state index is 0.695. The van der Waals surface area contributed by atoms with E-state index in [4.69, 9.17) is 0 Å². The van der Waals surface area contributed by atoms with Gasteiger partial charge in [-0.05, 0) is 67.6 Å². The van der Waals surface area contributed by atoms with Gasteiger partial charge >= 0.3 is 0 Å². The molecule has 0 aromatic carbocycles. The maximum atomic E-state index is 4.33. The van der Waals surface area contributed by atoms with Crippen molar-refractivity contribution in [3.63, 3.8) is 0 Å². The molecule has 19 heavy (non-hydrogen) atoms. The number of hydrogen-bond acceptors (Lipinski definition) is 3. The molecule has 4 unspecified atom stereocenters. The van der Waals surface area contributed by atoms with Crippen molar-refractivity contribution in [2.45, 2.75) is 32.2 Å². The number of rotatable bonds is 2. The molecule has 98 valence electrons. The smallest absolute Gasteiger partial charge is 0.157 e. The van der Waals surface area contributed by atoms with Gasteiger partial charge in [0.2, 0.25) is 0 Å². The average Bonchev–Trinajstić information content (AvgIpc) is 2.81. The van der Waals surface area contributed by atoms with Gasteiger partial charge in [-0.15, -0.1) is 0 Å². The van der Waals surface area contributed by atoms with E-state index in [-0.39, 0.29) is 0 Å². The molecule has 2 heterocycles. The lowest BCUT2D eigenvalue weighted by molar-refractivity contribution is 0.456. The highest BCUT2D eigenvalue weighted by Crippen LogP contribution is 2.66. The SMILES string of the molecule is Cc1cc(NC2C3C4CCC(C4)C23)n2ncnc2c1. The number of nitrogens with one attached hydrogen (secondary N) is 1.